The van der Waals surface area contributed by atoms with E-state index in [-0.39, 0.29) is 17.5 Å². The van der Waals surface area contributed by atoms with Gasteiger partial charge in [0, 0.05) is 45.0 Å². The van der Waals surface area contributed by atoms with Crippen LogP contribution in [0.2, 0.25) is 0 Å². The fourth-order valence-electron chi connectivity index (χ4n) is 4.80. The van der Waals surface area contributed by atoms with Crippen LogP contribution in [0, 0.1) is 6.92 Å². The summed E-state index contributed by atoms with van der Waals surface area (Å²) < 4.78 is 2.11. The van der Waals surface area contributed by atoms with E-state index in [9.17, 15) is 9.59 Å². The number of thiocarbonyl (C=S) groups is 1. The first-order chi connectivity index (χ1) is 17.9. The zero-order chi connectivity index (χ0) is 26.1. The van der Waals surface area contributed by atoms with Crippen LogP contribution < -0.4 is 10.5 Å². The zero-order valence-corrected chi connectivity index (χ0v) is 23.0. The molecule has 2 fully saturated rings. The van der Waals surface area contributed by atoms with Gasteiger partial charge in [0.1, 0.15) is 15.8 Å². The number of pyridine rings is 1. The molecule has 192 valence electrons. The zero-order valence-electron chi connectivity index (χ0n) is 21.4. The van der Waals surface area contributed by atoms with E-state index < -0.39 is 0 Å². The van der Waals surface area contributed by atoms with E-state index >= 15 is 0 Å². The minimum absolute atomic E-state index is 0.00837. The topological polar surface area (TPSA) is 61.2 Å². The monoisotopic (exact) mass is 533 g/mol. The molecule has 1 atom stereocenters. The Balaban J connectivity index is 1.50. The number of benzene rings is 1. The van der Waals surface area contributed by atoms with Crippen LogP contribution in [-0.4, -0.2) is 61.6 Å². The van der Waals surface area contributed by atoms with Gasteiger partial charge in [0.2, 0.25) is 0 Å². The average molecular weight is 534 g/mol. The molecule has 0 spiro atoms. The third kappa shape index (κ3) is 5.08. The Morgan fingerprint density at radius 2 is 1.81 bits per heavy atom. The van der Waals surface area contributed by atoms with Crippen molar-refractivity contribution in [1.82, 2.24) is 19.2 Å². The Bertz CT molecular complexity index is 1430. The molecule has 3 aromatic rings. The molecule has 2 aromatic heterocycles. The number of thioether (sulfide) groups is 1. The van der Waals surface area contributed by atoms with Crippen LogP contribution in [-0.2, 0) is 11.3 Å². The Morgan fingerprint density at radius 3 is 2.51 bits per heavy atom. The van der Waals surface area contributed by atoms with Gasteiger partial charge in [-0.2, -0.15) is 0 Å². The van der Waals surface area contributed by atoms with Crippen molar-refractivity contribution in [3.05, 3.63) is 80.6 Å². The van der Waals surface area contributed by atoms with E-state index in [2.05, 4.69) is 34.1 Å². The number of carbonyl (C=O) groups excluding carboxylic acids is 1. The first-order valence-corrected chi connectivity index (χ1v) is 13.9. The molecule has 2 saturated heterocycles. The van der Waals surface area contributed by atoms with Gasteiger partial charge in [-0.1, -0.05) is 67.3 Å². The van der Waals surface area contributed by atoms with Crippen molar-refractivity contribution in [1.29, 1.82) is 0 Å². The lowest BCUT2D eigenvalue weighted by Crippen LogP contribution is -2.47. The van der Waals surface area contributed by atoms with Crippen molar-refractivity contribution < 1.29 is 4.79 Å². The Kier molecular flexibility index (Phi) is 7.46. The normalized spacial score (nSPS) is 18.8. The molecule has 0 aliphatic carbocycles. The van der Waals surface area contributed by atoms with Crippen molar-refractivity contribution in [2.75, 3.05) is 31.1 Å². The van der Waals surface area contributed by atoms with Gasteiger partial charge >= 0.3 is 0 Å². The summed E-state index contributed by atoms with van der Waals surface area (Å²) in [5.41, 5.74) is 3.11. The SMILES string of the molecule is CC[C@@H](C)N1C(=O)/C(=C\c2c(N3CCN(Cc4ccccc4)CC3)nc3c(C)cccn3c2=O)SC1=S. The number of rotatable bonds is 6. The third-order valence-corrected chi connectivity index (χ3v) is 8.45. The number of carbonyl (C=O) groups is 1. The van der Waals surface area contributed by atoms with Gasteiger partial charge in [-0.05, 0) is 43.5 Å². The Labute approximate surface area is 226 Å². The molecule has 0 bridgehead atoms. The highest BCUT2D eigenvalue weighted by Crippen LogP contribution is 2.35. The number of piperazine rings is 1. The number of amides is 1. The number of aryl methyl sites for hydroxylation is 1. The number of nitrogens with zero attached hydrogens (tertiary/aromatic N) is 5. The van der Waals surface area contributed by atoms with Gasteiger partial charge in [-0.25, -0.2) is 4.98 Å². The second-order valence-electron chi connectivity index (χ2n) is 9.60. The molecule has 0 radical (unpaired) electrons. The molecule has 1 aromatic carbocycles. The molecule has 2 aliphatic heterocycles. The van der Waals surface area contributed by atoms with Gasteiger partial charge < -0.3 is 4.90 Å². The second kappa shape index (κ2) is 10.8. The molecule has 2 aliphatic rings. The molecule has 7 nitrogen and oxygen atoms in total. The van der Waals surface area contributed by atoms with Crippen LogP contribution in [0.1, 0.15) is 37.0 Å². The summed E-state index contributed by atoms with van der Waals surface area (Å²) in [7, 11) is 0. The third-order valence-electron chi connectivity index (χ3n) is 7.12. The van der Waals surface area contributed by atoms with Crippen LogP contribution >= 0.6 is 24.0 Å². The summed E-state index contributed by atoms with van der Waals surface area (Å²) in [6.45, 7) is 10.1. The van der Waals surface area contributed by atoms with Crippen LogP contribution in [0.3, 0.4) is 0 Å². The van der Waals surface area contributed by atoms with Crippen molar-refractivity contribution in [3.8, 4) is 0 Å². The summed E-state index contributed by atoms with van der Waals surface area (Å²) >= 11 is 6.78. The van der Waals surface area contributed by atoms with Gasteiger partial charge in [0.25, 0.3) is 11.5 Å². The average Bonchev–Trinajstić information content (AvgIpc) is 3.19. The van der Waals surface area contributed by atoms with Crippen molar-refractivity contribution >= 4 is 51.7 Å². The van der Waals surface area contributed by atoms with Crippen LogP contribution in [0.15, 0.2) is 58.4 Å². The molecule has 9 heteroatoms. The van der Waals surface area contributed by atoms with Crippen molar-refractivity contribution in [2.45, 2.75) is 39.8 Å². The highest BCUT2D eigenvalue weighted by Gasteiger charge is 2.35. The summed E-state index contributed by atoms with van der Waals surface area (Å²) in [6, 6.07) is 14.3. The highest BCUT2D eigenvalue weighted by molar-refractivity contribution is 8.26. The second-order valence-corrected chi connectivity index (χ2v) is 11.3. The molecule has 4 heterocycles. The highest BCUT2D eigenvalue weighted by atomic mass is 32.2. The quantitative estimate of drug-likeness (QED) is 0.345. The molecule has 5 rings (SSSR count). The van der Waals surface area contributed by atoms with Crippen molar-refractivity contribution in [2.24, 2.45) is 0 Å². The van der Waals surface area contributed by atoms with Crippen LogP contribution in [0.25, 0.3) is 11.7 Å². The lowest BCUT2D eigenvalue weighted by Gasteiger charge is -2.36. The summed E-state index contributed by atoms with van der Waals surface area (Å²) in [5.74, 6) is 0.490. The number of hydrogen-bond acceptors (Lipinski definition) is 7. The Hall–Kier alpha value is -3.01. The fourth-order valence-corrected chi connectivity index (χ4v) is 6.24. The molecule has 0 unspecified atom stereocenters. The van der Waals surface area contributed by atoms with E-state index in [1.165, 1.54) is 17.3 Å². The van der Waals surface area contributed by atoms with Crippen molar-refractivity contribution in [3.63, 3.8) is 0 Å². The number of aromatic nitrogens is 2. The molecule has 37 heavy (non-hydrogen) atoms. The van der Waals surface area contributed by atoms with Crippen LogP contribution in [0.5, 0.6) is 0 Å². The van der Waals surface area contributed by atoms with Crippen LogP contribution in [0.4, 0.5) is 5.82 Å². The minimum atomic E-state index is -0.177. The maximum atomic E-state index is 13.8. The van der Waals surface area contributed by atoms with E-state index in [1.54, 1.807) is 21.6 Å². The summed E-state index contributed by atoms with van der Waals surface area (Å²) in [6.07, 6.45) is 4.25. The molecule has 0 N–H and O–H groups in total. The minimum Gasteiger partial charge on any atom is -0.353 e. The largest absolute Gasteiger partial charge is 0.353 e. The molecular weight excluding hydrogens is 502 g/mol. The van der Waals surface area contributed by atoms with E-state index in [0.717, 1.165) is 44.7 Å². The van der Waals surface area contributed by atoms with E-state index in [0.29, 0.717) is 26.3 Å². The number of fused-ring (bicyclic) bond motifs is 1. The van der Waals surface area contributed by atoms with Gasteiger partial charge in [0.05, 0.1) is 10.5 Å². The lowest BCUT2D eigenvalue weighted by molar-refractivity contribution is -0.123. The van der Waals surface area contributed by atoms with Gasteiger partial charge in [-0.3, -0.25) is 23.8 Å². The standard InChI is InChI=1S/C28H31N5O2S2/c1-4-20(3)33-27(35)23(37-28(33)36)17-22-25(29-24-19(2)9-8-12-32(24)26(22)34)31-15-13-30(14-16-31)18-21-10-6-5-7-11-21/h5-12,17,20H,4,13-16,18H2,1-3H3/b23-17+/t20-/m1/s1. The Morgan fingerprint density at radius 1 is 1.08 bits per heavy atom. The number of hydrogen-bond donors (Lipinski definition) is 0. The van der Waals surface area contributed by atoms with Gasteiger partial charge in [-0.15, -0.1) is 0 Å². The van der Waals surface area contributed by atoms with Gasteiger partial charge in [0.15, 0.2) is 0 Å². The molecule has 1 amide bonds. The first-order valence-electron chi connectivity index (χ1n) is 12.7. The smallest absolute Gasteiger partial charge is 0.267 e. The fraction of sp³-hybridized carbons (Fsp3) is 0.357. The molecular formula is C28H31N5O2S2. The maximum absolute atomic E-state index is 13.8. The predicted octanol–water partition coefficient (Wildman–Crippen LogP) is 4.32. The predicted molar refractivity (Wildman–Crippen MR) is 155 cm³/mol. The van der Waals surface area contributed by atoms with E-state index in [1.807, 2.05) is 39.0 Å². The first kappa shape index (κ1) is 25.6. The summed E-state index contributed by atoms with van der Waals surface area (Å²) in [5, 5.41) is 0. The maximum Gasteiger partial charge on any atom is 0.267 e. The lowest BCUT2D eigenvalue weighted by atomic mass is 10.1. The number of anilines is 1. The van der Waals surface area contributed by atoms with E-state index in [4.69, 9.17) is 17.2 Å². The molecule has 0 saturated carbocycles. The summed E-state index contributed by atoms with van der Waals surface area (Å²) in [4.78, 5) is 38.7.